The van der Waals surface area contributed by atoms with Crippen LogP contribution in [0.5, 0.6) is 0 Å². The van der Waals surface area contributed by atoms with Gasteiger partial charge in [-0.1, -0.05) is 25.2 Å². The van der Waals surface area contributed by atoms with Gasteiger partial charge in [-0.2, -0.15) is 0 Å². The van der Waals surface area contributed by atoms with E-state index in [1.807, 2.05) is 18.2 Å². The average molecular weight is 173 g/mol. The van der Waals surface area contributed by atoms with Gasteiger partial charge in [-0.15, -0.1) is 0 Å². The highest BCUT2D eigenvalue weighted by Gasteiger charge is 2.20. The summed E-state index contributed by atoms with van der Waals surface area (Å²) in [7, 11) is 0. The number of hydrogen-bond acceptors (Lipinski definition) is 1. The first-order chi connectivity index (χ1) is 6.31. The Morgan fingerprint density at radius 3 is 3.08 bits per heavy atom. The average Bonchev–Trinajstić information content (AvgIpc) is 2.17. The van der Waals surface area contributed by atoms with Gasteiger partial charge in [0.1, 0.15) is 0 Å². The van der Waals surface area contributed by atoms with Crippen molar-refractivity contribution in [1.29, 1.82) is 0 Å². The second-order valence-corrected chi connectivity index (χ2v) is 3.19. The molecule has 1 amide bonds. The zero-order chi connectivity index (χ0) is 9.26. The molecule has 0 aromatic rings. The van der Waals surface area contributed by atoms with Crippen molar-refractivity contribution in [3.05, 3.63) is 36.0 Å². The number of amides is 1. The molecule has 2 aliphatic rings. The third kappa shape index (κ3) is 1.39. The molecule has 0 fully saturated rings. The molecule has 66 valence electrons. The predicted molar refractivity (Wildman–Crippen MR) is 52.6 cm³/mol. The summed E-state index contributed by atoms with van der Waals surface area (Å²) >= 11 is 0. The van der Waals surface area contributed by atoms with Crippen molar-refractivity contribution in [3.8, 4) is 0 Å². The Labute approximate surface area is 77.4 Å². The van der Waals surface area contributed by atoms with Gasteiger partial charge in [-0.3, -0.25) is 4.79 Å². The first-order valence-electron chi connectivity index (χ1n) is 4.50. The fourth-order valence-electron chi connectivity index (χ4n) is 1.62. The molecule has 1 heterocycles. The zero-order valence-electron chi connectivity index (χ0n) is 7.53. The van der Waals surface area contributed by atoms with Gasteiger partial charge in [-0.05, 0) is 18.1 Å². The van der Waals surface area contributed by atoms with Gasteiger partial charge in [0.2, 0.25) is 0 Å². The minimum atomic E-state index is -0.138. The number of allylic oxidation sites excluding steroid dienone is 5. The van der Waals surface area contributed by atoms with Crippen LogP contribution in [0, 0.1) is 5.92 Å². The first kappa shape index (κ1) is 8.17. The molecule has 0 saturated carbocycles. The molecule has 0 N–H and O–H groups in total. The third-order valence-electron chi connectivity index (χ3n) is 2.34. The van der Waals surface area contributed by atoms with E-state index in [1.54, 1.807) is 0 Å². The Balaban J connectivity index is 2.40. The van der Waals surface area contributed by atoms with Crippen LogP contribution in [0.3, 0.4) is 0 Å². The standard InChI is InChI=1S/C11H11NO/c1-2-8-4-3-5-9-6-7-10(13)12-11(8)9/h3-8H,2H2,1H3. The minimum absolute atomic E-state index is 0.138. The zero-order valence-corrected chi connectivity index (χ0v) is 7.53. The normalized spacial score (nSPS) is 25.3. The lowest BCUT2D eigenvalue weighted by molar-refractivity contribution is -0.113. The maximum Gasteiger partial charge on any atom is 0.269 e. The lowest BCUT2D eigenvalue weighted by atomic mass is 9.88. The van der Waals surface area contributed by atoms with Gasteiger partial charge < -0.3 is 0 Å². The molecule has 0 bridgehead atoms. The summed E-state index contributed by atoms with van der Waals surface area (Å²) in [4.78, 5) is 15.1. The summed E-state index contributed by atoms with van der Waals surface area (Å²) in [6, 6.07) is 0. The van der Waals surface area contributed by atoms with E-state index in [0.717, 1.165) is 17.7 Å². The van der Waals surface area contributed by atoms with Crippen molar-refractivity contribution in [2.24, 2.45) is 10.9 Å². The van der Waals surface area contributed by atoms with Crippen LogP contribution < -0.4 is 0 Å². The second-order valence-electron chi connectivity index (χ2n) is 3.19. The summed E-state index contributed by atoms with van der Waals surface area (Å²) in [5.41, 5.74) is 2.01. The number of fused-ring (bicyclic) bond motifs is 1. The number of nitrogens with zero attached hydrogens (tertiary/aromatic N) is 1. The maximum absolute atomic E-state index is 11.1. The molecule has 2 heteroatoms. The van der Waals surface area contributed by atoms with Gasteiger partial charge in [0, 0.05) is 12.0 Å². The second kappa shape index (κ2) is 3.13. The minimum Gasteiger partial charge on any atom is -0.267 e. The van der Waals surface area contributed by atoms with E-state index in [0.29, 0.717) is 5.92 Å². The molecule has 1 aliphatic carbocycles. The third-order valence-corrected chi connectivity index (χ3v) is 2.34. The van der Waals surface area contributed by atoms with Crippen LogP contribution in [0.4, 0.5) is 0 Å². The fraction of sp³-hybridized carbons (Fsp3) is 0.273. The van der Waals surface area contributed by atoms with Gasteiger partial charge >= 0.3 is 0 Å². The molecule has 2 nitrogen and oxygen atoms in total. The SMILES string of the molecule is CCC1C=CC=C2C=CC(=O)N=C21. The molecule has 1 unspecified atom stereocenters. The van der Waals surface area contributed by atoms with Crippen LogP contribution in [0.15, 0.2) is 40.9 Å². The van der Waals surface area contributed by atoms with E-state index in [2.05, 4.69) is 18.0 Å². The van der Waals surface area contributed by atoms with Gasteiger partial charge in [0.15, 0.2) is 0 Å². The highest BCUT2D eigenvalue weighted by atomic mass is 16.1. The van der Waals surface area contributed by atoms with Gasteiger partial charge in [0.05, 0.1) is 5.71 Å². The molecule has 0 saturated heterocycles. The summed E-state index contributed by atoms with van der Waals surface area (Å²) in [6.07, 6.45) is 10.5. The molecular formula is C11H11NO. The molecule has 1 aliphatic heterocycles. The number of aliphatic imine (C=N–C) groups is 1. The number of carbonyl (C=O) groups excluding carboxylic acids is 1. The molecule has 0 radical (unpaired) electrons. The smallest absolute Gasteiger partial charge is 0.267 e. The molecule has 2 rings (SSSR count). The Hall–Kier alpha value is -1.44. The Kier molecular flexibility index (Phi) is 1.97. The van der Waals surface area contributed by atoms with E-state index in [9.17, 15) is 4.79 Å². The predicted octanol–water partition coefficient (Wildman–Crippen LogP) is 2.05. The number of hydrogen-bond donors (Lipinski definition) is 0. The monoisotopic (exact) mass is 173 g/mol. The topological polar surface area (TPSA) is 29.4 Å². The lowest BCUT2D eigenvalue weighted by Crippen LogP contribution is -2.19. The lowest BCUT2D eigenvalue weighted by Gasteiger charge is -2.19. The molecular weight excluding hydrogens is 162 g/mol. The molecule has 1 atom stereocenters. The van der Waals surface area contributed by atoms with Crippen LogP contribution in [0.2, 0.25) is 0 Å². The summed E-state index contributed by atoms with van der Waals surface area (Å²) < 4.78 is 0. The summed E-state index contributed by atoms with van der Waals surface area (Å²) in [6.45, 7) is 2.10. The van der Waals surface area contributed by atoms with E-state index in [1.165, 1.54) is 6.08 Å². The fourth-order valence-corrected chi connectivity index (χ4v) is 1.62. The van der Waals surface area contributed by atoms with Gasteiger partial charge in [0.25, 0.3) is 5.91 Å². The molecule has 0 aromatic heterocycles. The van der Waals surface area contributed by atoms with Gasteiger partial charge in [-0.25, -0.2) is 4.99 Å². The number of carbonyl (C=O) groups is 1. The van der Waals surface area contributed by atoms with Crippen molar-refractivity contribution in [2.45, 2.75) is 13.3 Å². The van der Waals surface area contributed by atoms with Crippen molar-refractivity contribution >= 4 is 11.6 Å². The molecule has 13 heavy (non-hydrogen) atoms. The van der Waals surface area contributed by atoms with Crippen LogP contribution in [0.1, 0.15) is 13.3 Å². The number of dihydropyridines is 1. The summed E-state index contributed by atoms with van der Waals surface area (Å²) in [5, 5.41) is 0. The van der Waals surface area contributed by atoms with Crippen molar-refractivity contribution in [1.82, 2.24) is 0 Å². The Morgan fingerprint density at radius 1 is 1.46 bits per heavy atom. The quantitative estimate of drug-likeness (QED) is 0.596. The van der Waals surface area contributed by atoms with Crippen LogP contribution >= 0.6 is 0 Å². The van der Waals surface area contributed by atoms with Crippen molar-refractivity contribution in [3.63, 3.8) is 0 Å². The first-order valence-corrected chi connectivity index (χ1v) is 4.50. The van der Waals surface area contributed by atoms with E-state index >= 15 is 0 Å². The Bertz CT molecular complexity index is 358. The van der Waals surface area contributed by atoms with E-state index in [4.69, 9.17) is 0 Å². The highest BCUT2D eigenvalue weighted by Crippen LogP contribution is 2.22. The molecule has 0 spiro atoms. The van der Waals surface area contributed by atoms with Crippen molar-refractivity contribution < 1.29 is 4.79 Å². The van der Waals surface area contributed by atoms with Crippen LogP contribution in [-0.2, 0) is 4.79 Å². The van der Waals surface area contributed by atoms with Crippen molar-refractivity contribution in [2.75, 3.05) is 0 Å². The number of rotatable bonds is 1. The Morgan fingerprint density at radius 2 is 2.31 bits per heavy atom. The van der Waals surface area contributed by atoms with Crippen LogP contribution in [-0.4, -0.2) is 11.6 Å². The largest absolute Gasteiger partial charge is 0.269 e. The van der Waals surface area contributed by atoms with Crippen LogP contribution in [0.25, 0.3) is 0 Å². The van der Waals surface area contributed by atoms with E-state index in [-0.39, 0.29) is 5.91 Å². The maximum atomic E-state index is 11.1. The van der Waals surface area contributed by atoms with E-state index < -0.39 is 0 Å². The highest BCUT2D eigenvalue weighted by molar-refractivity contribution is 6.15. The molecule has 0 aromatic carbocycles. The summed E-state index contributed by atoms with van der Waals surface area (Å²) in [5.74, 6) is 0.176.